The average molecular weight is 385 g/mol. The van der Waals surface area contributed by atoms with E-state index in [-0.39, 0.29) is 0 Å². The van der Waals surface area contributed by atoms with Gasteiger partial charge in [0.2, 0.25) is 0 Å². The van der Waals surface area contributed by atoms with Crippen molar-refractivity contribution < 1.29 is 28.5 Å². The normalized spacial score (nSPS) is 18.5. The van der Waals surface area contributed by atoms with Crippen molar-refractivity contribution in [3.8, 4) is 11.5 Å². The summed E-state index contributed by atoms with van der Waals surface area (Å²) < 4.78 is 22.1. The van der Waals surface area contributed by atoms with Crippen molar-refractivity contribution in [3.63, 3.8) is 0 Å². The molecular weight excluding hydrogens is 362 g/mol. The van der Waals surface area contributed by atoms with Gasteiger partial charge in [-0.2, -0.15) is 0 Å². The zero-order valence-electron chi connectivity index (χ0n) is 16.3. The lowest BCUT2D eigenvalue weighted by Crippen LogP contribution is -2.33. The number of nitrogens with one attached hydrogen (secondary N) is 1. The smallest absolute Gasteiger partial charge is 0.305 e. The van der Waals surface area contributed by atoms with Crippen LogP contribution in [0.15, 0.2) is 36.4 Å². The first kappa shape index (κ1) is 19.7. The molecule has 2 aromatic carbocycles. The predicted octanol–water partition coefficient (Wildman–Crippen LogP) is 3.21. The molecule has 0 spiro atoms. The number of aryl methyl sites for hydroxylation is 1. The van der Waals surface area contributed by atoms with Gasteiger partial charge in [-0.1, -0.05) is 31.2 Å². The Hall–Kier alpha value is -3.06. The van der Waals surface area contributed by atoms with Crippen LogP contribution in [0.4, 0.5) is 5.69 Å². The first-order valence-corrected chi connectivity index (χ1v) is 8.95. The third-order valence-corrected chi connectivity index (χ3v) is 4.53. The van der Waals surface area contributed by atoms with Crippen LogP contribution in [-0.2, 0) is 25.5 Å². The van der Waals surface area contributed by atoms with Crippen molar-refractivity contribution >= 4 is 17.6 Å². The molecule has 0 aromatic heterocycles. The van der Waals surface area contributed by atoms with Gasteiger partial charge < -0.3 is 24.3 Å². The fourth-order valence-electron chi connectivity index (χ4n) is 3.20. The Morgan fingerprint density at radius 2 is 1.93 bits per heavy atom. The molecule has 3 rings (SSSR count). The molecule has 0 bridgehead atoms. The summed E-state index contributed by atoms with van der Waals surface area (Å²) in [6.07, 6.45) is -1.29. The van der Waals surface area contributed by atoms with E-state index in [1.165, 1.54) is 14.0 Å². The molecule has 28 heavy (non-hydrogen) atoms. The minimum Gasteiger partial charge on any atom is -0.493 e. The van der Waals surface area contributed by atoms with Crippen molar-refractivity contribution in [2.75, 3.05) is 19.5 Å². The van der Waals surface area contributed by atoms with E-state index in [9.17, 15) is 9.59 Å². The number of fused-ring (bicyclic) bond motifs is 1. The number of rotatable bonds is 5. The third kappa shape index (κ3) is 3.80. The molecular formula is C21H23NO6. The molecule has 1 amide bonds. The van der Waals surface area contributed by atoms with E-state index >= 15 is 0 Å². The van der Waals surface area contributed by atoms with Crippen LogP contribution >= 0.6 is 0 Å². The highest BCUT2D eigenvalue weighted by Gasteiger charge is 2.35. The summed E-state index contributed by atoms with van der Waals surface area (Å²) in [6, 6.07) is 11.1. The van der Waals surface area contributed by atoms with Crippen LogP contribution in [0, 0.1) is 0 Å². The van der Waals surface area contributed by atoms with Gasteiger partial charge in [0.15, 0.2) is 11.5 Å². The van der Waals surface area contributed by atoms with Crippen molar-refractivity contribution in [2.24, 2.45) is 0 Å². The van der Waals surface area contributed by atoms with Crippen molar-refractivity contribution in [2.45, 2.75) is 32.7 Å². The minimum absolute atomic E-state index is 0.485. The molecule has 0 fully saturated rings. The van der Waals surface area contributed by atoms with E-state index in [4.69, 9.17) is 18.9 Å². The molecule has 2 aromatic rings. The van der Waals surface area contributed by atoms with Gasteiger partial charge in [-0.3, -0.25) is 9.59 Å². The van der Waals surface area contributed by atoms with E-state index in [0.717, 1.165) is 17.5 Å². The Bertz CT molecular complexity index is 894. The van der Waals surface area contributed by atoms with Crippen molar-refractivity contribution in [3.05, 3.63) is 53.1 Å². The van der Waals surface area contributed by atoms with Crippen molar-refractivity contribution in [1.82, 2.24) is 0 Å². The summed E-state index contributed by atoms with van der Waals surface area (Å²) in [7, 11) is 3.08. The summed E-state index contributed by atoms with van der Waals surface area (Å²) in [5.74, 6) is -0.148. The second-order valence-corrected chi connectivity index (χ2v) is 6.30. The molecule has 0 radical (unpaired) electrons. The number of anilines is 1. The Kier molecular flexibility index (Phi) is 5.84. The maximum absolute atomic E-state index is 12.6. The molecule has 1 aliphatic rings. The second kappa shape index (κ2) is 8.31. The van der Waals surface area contributed by atoms with Crippen molar-refractivity contribution in [1.29, 1.82) is 0 Å². The van der Waals surface area contributed by atoms with E-state index in [1.807, 2.05) is 37.3 Å². The van der Waals surface area contributed by atoms with Crippen LogP contribution < -0.4 is 14.8 Å². The monoisotopic (exact) mass is 385 g/mol. The van der Waals surface area contributed by atoms with Gasteiger partial charge in [0, 0.05) is 23.7 Å². The van der Waals surface area contributed by atoms with E-state index in [0.29, 0.717) is 22.7 Å². The molecule has 2 atom stereocenters. The van der Waals surface area contributed by atoms with Crippen LogP contribution in [0.5, 0.6) is 11.5 Å². The summed E-state index contributed by atoms with van der Waals surface area (Å²) in [5.41, 5.74) is 3.07. The van der Waals surface area contributed by atoms with Gasteiger partial charge in [0.1, 0.15) is 6.10 Å². The highest BCUT2D eigenvalue weighted by atomic mass is 16.7. The van der Waals surface area contributed by atoms with Crippen LogP contribution in [0.25, 0.3) is 0 Å². The Labute approximate surface area is 163 Å². The maximum Gasteiger partial charge on any atom is 0.305 e. The Balaban J connectivity index is 2.18. The molecule has 1 heterocycles. The molecule has 1 N–H and O–H groups in total. The molecule has 0 aliphatic carbocycles. The third-order valence-electron chi connectivity index (χ3n) is 4.53. The molecule has 148 valence electrons. The van der Waals surface area contributed by atoms with Gasteiger partial charge in [-0.05, 0) is 24.1 Å². The van der Waals surface area contributed by atoms with Gasteiger partial charge in [-0.25, -0.2) is 0 Å². The lowest BCUT2D eigenvalue weighted by atomic mass is 9.96. The summed E-state index contributed by atoms with van der Waals surface area (Å²) >= 11 is 0. The number of esters is 1. The maximum atomic E-state index is 12.6. The van der Waals surface area contributed by atoms with E-state index in [1.54, 1.807) is 13.2 Å². The van der Waals surface area contributed by atoms with Gasteiger partial charge in [-0.15, -0.1) is 0 Å². The predicted molar refractivity (Wildman–Crippen MR) is 102 cm³/mol. The van der Waals surface area contributed by atoms with E-state index < -0.39 is 24.3 Å². The topological polar surface area (TPSA) is 83.1 Å². The van der Waals surface area contributed by atoms with E-state index in [2.05, 4.69) is 5.32 Å². The number of para-hydroxylation sites is 1. The zero-order chi connectivity index (χ0) is 20.3. The van der Waals surface area contributed by atoms with Crippen LogP contribution in [0.1, 0.15) is 36.6 Å². The van der Waals surface area contributed by atoms with Gasteiger partial charge in [0.25, 0.3) is 12.2 Å². The number of amides is 1. The molecule has 0 saturated carbocycles. The summed E-state index contributed by atoms with van der Waals surface area (Å²) in [4.78, 5) is 24.0. The number of benzene rings is 2. The average Bonchev–Trinajstić information content (AvgIpc) is 2.82. The Morgan fingerprint density at radius 1 is 1.14 bits per heavy atom. The lowest BCUT2D eigenvalue weighted by molar-refractivity contribution is -0.187. The summed E-state index contributed by atoms with van der Waals surface area (Å²) in [5, 5.41) is 2.78. The van der Waals surface area contributed by atoms with Crippen LogP contribution in [-0.4, -0.2) is 32.4 Å². The second-order valence-electron chi connectivity index (χ2n) is 6.30. The number of carbonyl (C=O) groups is 2. The highest BCUT2D eigenvalue weighted by molar-refractivity contribution is 5.96. The number of carbonyl (C=O) groups excluding carboxylic acids is 2. The molecule has 7 heteroatoms. The number of hydrogen-bond donors (Lipinski definition) is 1. The molecule has 1 aliphatic heterocycles. The quantitative estimate of drug-likeness (QED) is 0.796. The number of ether oxygens (including phenoxy) is 4. The molecule has 0 saturated heterocycles. The van der Waals surface area contributed by atoms with Gasteiger partial charge >= 0.3 is 5.97 Å². The molecule has 7 nitrogen and oxygen atoms in total. The molecule has 2 unspecified atom stereocenters. The fraction of sp³-hybridized carbons (Fsp3) is 0.333. The first-order chi connectivity index (χ1) is 13.5. The summed E-state index contributed by atoms with van der Waals surface area (Å²) in [6.45, 7) is 3.27. The standard InChI is InChI=1S/C21H23NO6/c1-5-13-9-10-16-15(11-13)18(28-21(20(24)22-16)27-12(2)23)14-7-6-8-17(25-3)19(14)26-4/h6-11,18,21H,5H2,1-4H3,(H,22,24). The fourth-order valence-corrected chi connectivity index (χ4v) is 3.20. The Morgan fingerprint density at radius 3 is 2.57 bits per heavy atom. The lowest BCUT2D eigenvalue weighted by Gasteiger charge is -2.24. The highest BCUT2D eigenvalue weighted by Crippen LogP contribution is 2.43. The SMILES string of the molecule is CCc1ccc2c(c1)C(c1cccc(OC)c1OC)OC(OC(C)=O)C(=O)N2. The largest absolute Gasteiger partial charge is 0.493 e. The minimum atomic E-state index is -1.39. The zero-order valence-corrected chi connectivity index (χ0v) is 16.3. The van der Waals surface area contributed by atoms with Gasteiger partial charge in [0.05, 0.1) is 14.2 Å². The van der Waals surface area contributed by atoms with Crippen LogP contribution in [0.2, 0.25) is 0 Å². The number of hydrogen-bond acceptors (Lipinski definition) is 6. The van der Waals surface area contributed by atoms with Crippen LogP contribution in [0.3, 0.4) is 0 Å². The first-order valence-electron chi connectivity index (χ1n) is 8.95. The number of methoxy groups -OCH3 is 2.